The van der Waals surface area contributed by atoms with Gasteiger partial charge >= 0.3 is 25.8 Å². The fourth-order valence-corrected chi connectivity index (χ4v) is 5.74. The van der Waals surface area contributed by atoms with Crippen molar-refractivity contribution in [1.29, 1.82) is 0 Å². The topological polar surface area (TPSA) is 54.0 Å². The van der Waals surface area contributed by atoms with Crippen molar-refractivity contribution in [3.63, 3.8) is 0 Å². The summed E-state index contributed by atoms with van der Waals surface area (Å²) in [6.07, 6.45) is -5.09. The first kappa shape index (κ1) is 23.6. The summed E-state index contributed by atoms with van der Waals surface area (Å²) in [5, 5.41) is 0. The zero-order valence-corrected chi connectivity index (χ0v) is 17.0. The van der Waals surface area contributed by atoms with Crippen LogP contribution in [-0.4, -0.2) is 49.2 Å². The Morgan fingerprint density at radius 1 is 0.792 bits per heavy atom. The summed E-state index contributed by atoms with van der Waals surface area (Å²) in [5.74, 6) is 0. The van der Waals surface area contributed by atoms with Crippen LogP contribution in [0.4, 0.5) is 26.3 Å². The van der Waals surface area contributed by atoms with E-state index in [0.29, 0.717) is 13.8 Å². The van der Waals surface area contributed by atoms with Crippen molar-refractivity contribution in [3.05, 3.63) is 0 Å². The lowest BCUT2D eigenvalue weighted by molar-refractivity contribution is -0.220. The Morgan fingerprint density at radius 3 is 1.25 bits per heavy atom. The third-order valence-corrected chi connectivity index (χ3v) is 9.02. The van der Waals surface area contributed by atoms with Crippen LogP contribution in [0.5, 0.6) is 0 Å². The molecule has 0 bridgehead atoms. The minimum atomic E-state index is -4.12. The molecule has 0 heterocycles. The maximum absolute atomic E-state index is 13.6. The number of hydrogen-bond acceptors (Lipinski definition) is 5. The van der Waals surface area contributed by atoms with Crippen molar-refractivity contribution < 1.29 is 49.1 Å². The summed E-state index contributed by atoms with van der Waals surface area (Å²) in [4.78, 5) is 0. The Kier molecular flexibility index (Phi) is 7.69. The Balaban J connectivity index is 4.68. The molecule has 0 aromatic heterocycles. The Labute approximate surface area is 139 Å². The fourth-order valence-electron chi connectivity index (χ4n) is 1.36. The summed E-state index contributed by atoms with van der Waals surface area (Å²) < 4.78 is 108. The number of rotatable bonds is 10. The Bertz CT molecular complexity index is 409. The van der Waals surface area contributed by atoms with Crippen LogP contribution in [-0.2, 0) is 22.8 Å². The van der Waals surface area contributed by atoms with Gasteiger partial charge in [0.2, 0.25) is 0 Å². The molecule has 0 saturated carbocycles. The number of halogens is 6. The second kappa shape index (κ2) is 7.84. The minimum absolute atomic E-state index is 0.620. The fraction of sp³-hybridized carbons (Fsp3) is 1.00. The molecule has 0 aromatic carbocycles. The zero-order chi connectivity index (χ0) is 19.6. The highest BCUT2D eigenvalue weighted by Gasteiger charge is 2.59. The van der Waals surface area contributed by atoms with Gasteiger partial charge < -0.3 is 9.15 Å². The van der Waals surface area contributed by atoms with E-state index in [0.717, 1.165) is 26.2 Å². The van der Waals surface area contributed by atoms with Crippen molar-refractivity contribution >= 4 is 25.8 Å². The molecule has 0 saturated heterocycles. The molecule has 0 radical (unpaired) electrons. The van der Waals surface area contributed by atoms with E-state index in [-0.39, 0.29) is 0 Å². The van der Waals surface area contributed by atoms with Crippen molar-refractivity contribution in [2.24, 2.45) is 0 Å². The van der Waals surface area contributed by atoms with Gasteiger partial charge in [-0.05, 0) is 40.0 Å². The SMILES string of the molecule is CC(F)C(F)(F)[Si](C)(C)OO[Si](=O)OO[Si](C)(C)C(F)(F)C(C)F. The highest BCUT2D eigenvalue weighted by Crippen LogP contribution is 2.34. The van der Waals surface area contributed by atoms with E-state index in [2.05, 4.69) is 18.3 Å². The van der Waals surface area contributed by atoms with E-state index in [9.17, 15) is 30.8 Å². The first-order chi connectivity index (χ1) is 10.5. The van der Waals surface area contributed by atoms with Crippen LogP contribution in [0.2, 0.25) is 26.2 Å². The molecule has 0 amide bonds. The molecule has 144 valence electrons. The van der Waals surface area contributed by atoms with Gasteiger partial charge in [-0.25, -0.2) is 35.5 Å². The van der Waals surface area contributed by atoms with Crippen LogP contribution in [0.3, 0.4) is 0 Å². The van der Waals surface area contributed by atoms with Gasteiger partial charge in [-0.3, -0.25) is 4.46 Å². The quantitative estimate of drug-likeness (QED) is 0.234. The standard InChI is InChI=1S/C10H20F6O5Si3/c1-7(11)9(13,14)23(3,4)20-18-22(17)19-21-24(5,6)10(15,16)8(2)12/h7-8H,1-6H3. The third kappa shape index (κ3) is 5.27. The van der Waals surface area contributed by atoms with Gasteiger partial charge in [0.1, 0.15) is 0 Å². The van der Waals surface area contributed by atoms with Crippen molar-refractivity contribution in [2.45, 2.75) is 63.5 Å². The molecule has 2 atom stereocenters. The summed E-state index contributed by atoms with van der Waals surface area (Å²) in [6, 6.07) is 0. The van der Waals surface area contributed by atoms with Crippen molar-refractivity contribution in [1.82, 2.24) is 0 Å². The molecule has 0 N–H and O–H groups in total. The molecule has 0 aliphatic rings. The van der Waals surface area contributed by atoms with Crippen LogP contribution in [0.1, 0.15) is 13.8 Å². The lowest BCUT2D eigenvalue weighted by Crippen LogP contribution is -2.56. The van der Waals surface area contributed by atoms with Gasteiger partial charge in [-0.2, -0.15) is 0 Å². The lowest BCUT2D eigenvalue weighted by atomic mass is 10.5. The molecule has 0 aromatic rings. The lowest BCUT2D eigenvalue weighted by Gasteiger charge is -2.31. The predicted octanol–water partition coefficient (Wildman–Crippen LogP) is 3.77. The van der Waals surface area contributed by atoms with Gasteiger partial charge in [-0.15, -0.1) is 0 Å². The van der Waals surface area contributed by atoms with Crippen molar-refractivity contribution in [2.75, 3.05) is 0 Å². The second-order valence-corrected chi connectivity index (χ2v) is 14.6. The van der Waals surface area contributed by atoms with E-state index in [1.165, 1.54) is 0 Å². The molecule has 0 spiro atoms. The van der Waals surface area contributed by atoms with Crippen LogP contribution in [0.15, 0.2) is 0 Å². The monoisotopic (exact) mass is 418 g/mol. The van der Waals surface area contributed by atoms with Gasteiger partial charge in [0.05, 0.1) is 0 Å². The first-order valence-electron chi connectivity index (χ1n) is 6.78. The van der Waals surface area contributed by atoms with E-state index in [1.54, 1.807) is 0 Å². The Hall–Kier alpha value is -0.449. The van der Waals surface area contributed by atoms with Crippen LogP contribution in [0, 0.1) is 0 Å². The van der Waals surface area contributed by atoms with Crippen LogP contribution < -0.4 is 0 Å². The molecule has 0 rings (SSSR count). The van der Waals surface area contributed by atoms with E-state index >= 15 is 0 Å². The van der Waals surface area contributed by atoms with Gasteiger partial charge in [0.25, 0.3) is 11.1 Å². The van der Waals surface area contributed by atoms with Crippen LogP contribution in [0.25, 0.3) is 0 Å². The molecule has 5 nitrogen and oxygen atoms in total. The maximum Gasteiger partial charge on any atom is 0.833 e. The number of hydrogen-bond donors (Lipinski definition) is 0. The second-order valence-electron chi connectivity index (χ2n) is 6.08. The molecular formula is C10H20F6O5Si3. The minimum Gasteiger partial charge on any atom is -0.339 e. The van der Waals surface area contributed by atoms with E-state index < -0.39 is 49.2 Å². The summed E-state index contributed by atoms with van der Waals surface area (Å²) in [6.45, 7) is 4.84. The van der Waals surface area contributed by atoms with Gasteiger partial charge in [0.15, 0.2) is 12.3 Å². The average molecular weight is 419 g/mol. The average Bonchev–Trinajstić information content (AvgIpc) is 2.42. The summed E-state index contributed by atoms with van der Waals surface area (Å²) in [5.41, 5.74) is -7.72. The summed E-state index contributed by atoms with van der Waals surface area (Å²) in [7, 11) is -12.0. The molecule has 0 aliphatic heterocycles. The van der Waals surface area contributed by atoms with E-state index in [1.807, 2.05) is 0 Å². The normalized spacial score (nSPS) is 16.5. The van der Waals surface area contributed by atoms with E-state index in [4.69, 9.17) is 0 Å². The molecule has 24 heavy (non-hydrogen) atoms. The maximum atomic E-state index is 13.6. The first-order valence-corrected chi connectivity index (χ1v) is 13.8. The van der Waals surface area contributed by atoms with Gasteiger partial charge in [0, 0.05) is 0 Å². The predicted molar refractivity (Wildman–Crippen MR) is 76.8 cm³/mol. The smallest absolute Gasteiger partial charge is 0.339 e. The number of alkyl halides is 6. The highest BCUT2D eigenvalue weighted by atomic mass is 28.4. The zero-order valence-electron chi connectivity index (χ0n) is 14.0. The molecule has 14 heteroatoms. The summed E-state index contributed by atoms with van der Waals surface area (Å²) >= 11 is 0. The molecular weight excluding hydrogens is 398 g/mol. The largest absolute Gasteiger partial charge is 0.833 e. The molecule has 0 fully saturated rings. The van der Waals surface area contributed by atoms with Crippen LogP contribution >= 0.6 is 0 Å². The van der Waals surface area contributed by atoms with Crippen molar-refractivity contribution in [3.8, 4) is 0 Å². The Morgan fingerprint density at radius 2 is 1.04 bits per heavy atom. The third-order valence-electron chi connectivity index (χ3n) is 3.24. The molecule has 0 aliphatic carbocycles. The highest BCUT2D eigenvalue weighted by molar-refractivity contribution is 6.74. The molecule has 2 unspecified atom stereocenters. The van der Waals surface area contributed by atoms with Gasteiger partial charge in [-0.1, -0.05) is 0 Å².